The maximum Gasteiger partial charge on any atom is 0.163 e. The van der Waals surface area contributed by atoms with Crippen molar-refractivity contribution in [2.45, 2.75) is 44.7 Å². The van der Waals surface area contributed by atoms with Crippen LogP contribution in [-0.2, 0) is 9.47 Å². The van der Waals surface area contributed by atoms with E-state index in [4.69, 9.17) is 21.0 Å². The number of aliphatic hydroxyl groups is 1. The largest absolute Gasteiger partial charge is 0.380 e. The molecule has 1 fully saturated rings. The van der Waals surface area contributed by atoms with Gasteiger partial charge in [0, 0.05) is 0 Å². The summed E-state index contributed by atoms with van der Waals surface area (Å²) in [6.45, 7) is 4.35. The topological polar surface area (TPSA) is 38.7 Å². The van der Waals surface area contributed by atoms with Gasteiger partial charge in [-0.3, -0.25) is 0 Å². The van der Waals surface area contributed by atoms with E-state index in [2.05, 4.69) is 5.92 Å². The number of rotatable bonds is 3. The van der Waals surface area contributed by atoms with Crippen LogP contribution in [0.5, 0.6) is 0 Å². The molecule has 0 spiro atoms. The van der Waals surface area contributed by atoms with Crippen LogP contribution in [0, 0.1) is 12.3 Å². The Morgan fingerprint density at radius 3 is 2.85 bits per heavy atom. The number of hydrogen-bond acceptors (Lipinski definition) is 3. The van der Waals surface area contributed by atoms with Crippen molar-refractivity contribution in [3.63, 3.8) is 0 Å². The van der Waals surface area contributed by atoms with Gasteiger partial charge in [-0.25, -0.2) is 0 Å². The van der Waals surface area contributed by atoms with Crippen molar-refractivity contribution in [2.24, 2.45) is 0 Å². The lowest BCUT2D eigenvalue weighted by atomic mass is 10.1. The molecule has 1 aliphatic heterocycles. The van der Waals surface area contributed by atoms with E-state index in [-0.39, 0.29) is 6.10 Å². The van der Waals surface area contributed by atoms with Gasteiger partial charge in [-0.15, -0.1) is 6.42 Å². The monoisotopic (exact) mass is 184 g/mol. The Labute approximate surface area is 79.0 Å². The molecule has 0 aliphatic carbocycles. The van der Waals surface area contributed by atoms with Crippen LogP contribution in [0.4, 0.5) is 0 Å². The Morgan fingerprint density at radius 1 is 1.69 bits per heavy atom. The van der Waals surface area contributed by atoms with E-state index in [9.17, 15) is 0 Å². The van der Waals surface area contributed by atoms with E-state index in [1.807, 2.05) is 13.8 Å². The second-order valence-electron chi connectivity index (χ2n) is 3.71. The number of ether oxygens (including phenoxy) is 2. The zero-order valence-electron chi connectivity index (χ0n) is 8.12. The molecule has 3 heteroatoms. The van der Waals surface area contributed by atoms with Crippen molar-refractivity contribution in [2.75, 3.05) is 6.61 Å². The minimum Gasteiger partial charge on any atom is -0.380 e. The SMILES string of the molecule is C#CC(O)CC[C@H]1COC(C)(C)O1. The lowest BCUT2D eigenvalue weighted by Crippen LogP contribution is -2.22. The summed E-state index contributed by atoms with van der Waals surface area (Å²) in [5, 5.41) is 9.12. The number of aliphatic hydroxyl groups excluding tert-OH is 1. The smallest absolute Gasteiger partial charge is 0.163 e. The van der Waals surface area contributed by atoms with Gasteiger partial charge < -0.3 is 14.6 Å². The van der Waals surface area contributed by atoms with E-state index in [0.717, 1.165) is 6.42 Å². The van der Waals surface area contributed by atoms with Crippen molar-refractivity contribution in [3.05, 3.63) is 0 Å². The van der Waals surface area contributed by atoms with E-state index in [1.165, 1.54) is 0 Å². The van der Waals surface area contributed by atoms with Crippen LogP contribution in [0.1, 0.15) is 26.7 Å². The molecule has 1 heterocycles. The van der Waals surface area contributed by atoms with Crippen LogP contribution in [0.25, 0.3) is 0 Å². The molecule has 0 amide bonds. The average molecular weight is 184 g/mol. The molecule has 3 nitrogen and oxygen atoms in total. The first-order valence-electron chi connectivity index (χ1n) is 4.49. The first-order valence-corrected chi connectivity index (χ1v) is 4.49. The predicted molar refractivity (Wildman–Crippen MR) is 49.0 cm³/mol. The number of hydrogen-bond donors (Lipinski definition) is 1. The minimum atomic E-state index is -0.660. The first kappa shape index (κ1) is 10.5. The van der Waals surface area contributed by atoms with E-state index >= 15 is 0 Å². The van der Waals surface area contributed by atoms with E-state index in [0.29, 0.717) is 13.0 Å². The van der Waals surface area contributed by atoms with Crippen molar-refractivity contribution in [3.8, 4) is 12.3 Å². The highest BCUT2D eigenvalue weighted by Gasteiger charge is 2.32. The van der Waals surface area contributed by atoms with Crippen molar-refractivity contribution < 1.29 is 14.6 Å². The highest BCUT2D eigenvalue weighted by molar-refractivity contribution is 4.93. The molecule has 0 bridgehead atoms. The molecule has 0 aromatic heterocycles. The van der Waals surface area contributed by atoms with Crippen LogP contribution in [0.3, 0.4) is 0 Å². The van der Waals surface area contributed by atoms with Crippen LogP contribution in [-0.4, -0.2) is 29.7 Å². The molecule has 1 rings (SSSR count). The Kier molecular flexibility index (Phi) is 3.32. The molecule has 0 radical (unpaired) electrons. The maximum absolute atomic E-state index is 9.12. The highest BCUT2D eigenvalue weighted by Crippen LogP contribution is 2.24. The summed E-state index contributed by atoms with van der Waals surface area (Å²) in [6, 6.07) is 0. The first-order chi connectivity index (χ1) is 6.03. The second-order valence-corrected chi connectivity index (χ2v) is 3.71. The van der Waals surface area contributed by atoms with Gasteiger partial charge in [-0.05, 0) is 26.7 Å². The van der Waals surface area contributed by atoms with Crippen LogP contribution in [0.2, 0.25) is 0 Å². The number of terminal acetylenes is 1. The van der Waals surface area contributed by atoms with E-state index < -0.39 is 11.9 Å². The average Bonchev–Trinajstić information content (AvgIpc) is 2.41. The predicted octanol–water partition coefficient (Wildman–Crippen LogP) is 0.912. The van der Waals surface area contributed by atoms with Crippen molar-refractivity contribution in [1.29, 1.82) is 0 Å². The molecule has 1 N–H and O–H groups in total. The van der Waals surface area contributed by atoms with Crippen molar-refractivity contribution in [1.82, 2.24) is 0 Å². The highest BCUT2D eigenvalue weighted by atomic mass is 16.7. The van der Waals surface area contributed by atoms with Gasteiger partial charge in [0.2, 0.25) is 0 Å². The summed E-state index contributed by atoms with van der Waals surface area (Å²) in [5.74, 6) is 1.79. The summed E-state index contributed by atoms with van der Waals surface area (Å²) >= 11 is 0. The van der Waals surface area contributed by atoms with Gasteiger partial charge in [-0.2, -0.15) is 0 Å². The summed E-state index contributed by atoms with van der Waals surface area (Å²) in [4.78, 5) is 0. The van der Waals surface area contributed by atoms with Crippen LogP contribution < -0.4 is 0 Å². The Hall–Kier alpha value is -0.560. The summed E-state index contributed by atoms with van der Waals surface area (Å²) in [6.07, 6.45) is 5.76. The lowest BCUT2D eigenvalue weighted by molar-refractivity contribution is -0.139. The fourth-order valence-corrected chi connectivity index (χ4v) is 1.33. The second kappa shape index (κ2) is 4.10. The fraction of sp³-hybridized carbons (Fsp3) is 0.800. The molecule has 74 valence electrons. The van der Waals surface area contributed by atoms with Crippen LogP contribution >= 0.6 is 0 Å². The van der Waals surface area contributed by atoms with Gasteiger partial charge in [-0.1, -0.05) is 5.92 Å². The van der Waals surface area contributed by atoms with Gasteiger partial charge in [0.15, 0.2) is 5.79 Å². The van der Waals surface area contributed by atoms with E-state index in [1.54, 1.807) is 0 Å². The fourth-order valence-electron chi connectivity index (χ4n) is 1.33. The molecular formula is C10H16O3. The lowest BCUT2D eigenvalue weighted by Gasteiger charge is -2.17. The van der Waals surface area contributed by atoms with Gasteiger partial charge >= 0.3 is 0 Å². The molecule has 1 saturated heterocycles. The molecule has 1 aliphatic rings. The molecule has 0 aromatic carbocycles. The Bertz CT molecular complexity index is 205. The Balaban J connectivity index is 2.22. The summed E-state index contributed by atoms with van der Waals surface area (Å²) < 4.78 is 10.9. The van der Waals surface area contributed by atoms with Crippen molar-refractivity contribution >= 4 is 0 Å². The van der Waals surface area contributed by atoms with Gasteiger partial charge in [0.1, 0.15) is 6.10 Å². The molecule has 1 unspecified atom stereocenters. The molecule has 0 aromatic rings. The van der Waals surface area contributed by atoms with Crippen LogP contribution in [0.15, 0.2) is 0 Å². The standard InChI is InChI=1S/C10H16O3/c1-4-8(11)5-6-9-7-12-10(2,3)13-9/h1,8-9,11H,5-7H2,2-3H3/t8?,9-/m0/s1. The third-order valence-corrected chi connectivity index (χ3v) is 2.02. The quantitative estimate of drug-likeness (QED) is 0.663. The molecule has 2 atom stereocenters. The summed E-state index contributed by atoms with van der Waals surface area (Å²) in [7, 11) is 0. The Morgan fingerprint density at radius 2 is 2.38 bits per heavy atom. The third kappa shape index (κ3) is 3.35. The van der Waals surface area contributed by atoms with Gasteiger partial charge in [0.05, 0.1) is 12.7 Å². The molecular weight excluding hydrogens is 168 g/mol. The minimum absolute atomic E-state index is 0.0676. The maximum atomic E-state index is 9.12. The zero-order chi connectivity index (χ0) is 9.90. The molecule has 13 heavy (non-hydrogen) atoms. The zero-order valence-corrected chi connectivity index (χ0v) is 8.12. The third-order valence-electron chi connectivity index (χ3n) is 2.02. The summed E-state index contributed by atoms with van der Waals surface area (Å²) in [5.41, 5.74) is 0. The normalized spacial score (nSPS) is 28.3. The van der Waals surface area contributed by atoms with Gasteiger partial charge in [0.25, 0.3) is 0 Å². The molecule has 0 saturated carbocycles.